The number of hydrogen-bond acceptors (Lipinski definition) is 0. The van der Waals surface area contributed by atoms with E-state index in [2.05, 4.69) is 141 Å². The van der Waals surface area contributed by atoms with Crippen molar-refractivity contribution in [3.05, 3.63) is 127 Å². The fourth-order valence-electron chi connectivity index (χ4n) is 8.47. The third-order valence-electron chi connectivity index (χ3n) is 11.2. The van der Waals surface area contributed by atoms with E-state index in [0.29, 0.717) is 0 Å². The monoisotopic (exact) mass is 713 g/mol. The van der Waals surface area contributed by atoms with E-state index >= 15 is 0 Å². The molecule has 2 atom stereocenters. The molecule has 0 spiro atoms. The van der Waals surface area contributed by atoms with Crippen LogP contribution in [0.3, 0.4) is 0 Å². The van der Waals surface area contributed by atoms with Crippen LogP contribution in [0.4, 0.5) is 0 Å². The van der Waals surface area contributed by atoms with Crippen LogP contribution in [0.5, 0.6) is 0 Å². The van der Waals surface area contributed by atoms with Gasteiger partial charge in [0.2, 0.25) is 0 Å². The van der Waals surface area contributed by atoms with Crippen molar-refractivity contribution < 1.29 is 15.6 Å². The first-order chi connectivity index (χ1) is 20.7. The predicted octanol–water partition coefficient (Wildman–Crippen LogP) is 12.5. The van der Waals surface area contributed by atoms with Crippen LogP contribution >= 0.6 is 17.0 Å². The second-order valence-electron chi connectivity index (χ2n) is 14.0. The van der Waals surface area contributed by atoms with Gasteiger partial charge in [-0.15, -0.1) is 0 Å². The van der Waals surface area contributed by atoms with Crippen molar-refractivity contribution in [3.63, 3.8) is 0 Å². The normalized spacial score (nSPS) is 18.5. The zero-order valence-electron chi connectivity index (χ0n) is 27.9. The molecule has 6 rings (SSSR count). The van der Waals surface area contributed by atoms with Gasteiger partial charge in [-0.3, -0.25) is 0 Å². The molecular weight excluding hydrogens is 671 g/mol. The van der Waals surface area contributed by atoms with Gasteiger partial charge >= 0.3 is 276 Å². The van der Waals surface area contributed by atoms with Crippen LogP contribution in [0.2, 0.25) is 13.1 Å². The van der Waals surface area contributed by atoms with Crippen LogP contribution in [0, 0.1) is 41.5 Å². The van der Waals surface area contributed by atoms with E-state index < -0.39 is 21.5 Å². The van der Waals surface area contributed by atoms with Crippen LogP contribution in [0.1, 0.15) is 76.7 Å². The van der Waals surface area contributed by atoms with E-state index in [1.165, 1.54) is 89.0 Å². The third-order valence-corrected chi connectivity index (χ3v) is 63.5. The summed E-state index contributed by atoms with van der Waals surface area (Å²) in [6.07, 6.45) is 4.87. The summed E-state index contributed by atoms with van der Waals surface area (Å²) in [5.74, 6) is -1.60. The molecule has 0 saturated carbocycles. The Balaban J connectivity index is 1.60. The summed E-state index contributed by atoms with van der Waals surface area (Å²) in [5.41, 5.74) is 21.3. The van der Waals surface area contributed by atoms with Crippen molar-refractivity contribution in [2.24, 2.45) is 0 Å². The van der Waals surface area contributed by atoms with Gasteiger partial charge in [0.1, 0.15) is 0 Å². The number of allylic oxidation sites excluding steroid dienone is 2. The molecule has 0 N–H and O–H groups in total. The molecule has 0 bridgehead atoms. The average Bonchev–Trinajstić information content (AvgIpc) is 3.49. The molecular formula is C40H45Cl2SiZr. The van der Waals surface area contributed by atoms with Crippen LogP contribution in [-0.2, 0) is 15.6 Å². The van der Waals surface area contributed by atoms with Gasteiger partial charge < -0.3 is 0 Å². The Labute approximate surface area is 274 Å². The van der Waals surface area contributed by atoms with Gasteiger partial charge in [-0.05, 0) is 0 Å². The topological polar surface area (TPSA) is 0 Å². The molecule has 0 aliphatic heterocycles. The number of benzene rings is 4. The molecule has 0 aromatic heterocycles. The number of hydrogen-bond donors (Lipinski definition) is 0. The van der Waals surface area contributed by atoms with E-state index in [-0.39, 0.29) is 7.25 Å². The van der Waals surface area contributed by atoms with Gasteiger partial charge in [-0.1, -0.05) is 0 Å². The maximum absolute atomic E-state index is 8.53. The SMILES string of the molecule is CC1=Cc2c(ccc(C)c2-c2cccc(C)c2C)[CH]1[Zr]([Cl])([Cl])([CH]1C(C)=Cc2c1ccc(C)c2-c1cccc(C)c1C)[SiH](C)C. The van der Waals surface area contributed by atoms with Gasteiger partial charge in [0.25, 0.3) is 0 Å². The predicted molar refractivity (Wildman–Crippen MR) is 196 cm³/mol. The quantitative estimate of drug-likeness (QED) is 0.181. The van der Waals surface area contributed by atoms with E-state index in [9.17, 15) is 0 Å². The molecule has 4 heteroatoms. The Kier molecular flexibility index (Phi) is 8.06. The standard InChI is InChI=1S/2C19H19.C2H7Si.2ClH.Zr/c2*1-12-10-16-9-8-14(3)19(18(16)11-12)17-7-5-6-13(2)15(17)4;1-3-2;;;/h2*5-11H,1-4H3;3H,1-2H3;2*1H;/q;;;;;+2/p-2. The second kappa shape index (κ2) is 11.1. The average molecular weight is 716 g/mol. The minimum absolute atomic E-state index is 0.0932. The molecule has 0 heterocycles. The fraction of sp³-hybridized carbons (Fsp3) is 0.300. The molecule has 0 nitrogen and oxygen atoms in total. The van der Waals surface area contributed by atoms with Crippen LogP contribution in [-0.4, -0.2) is 5.92 Å². The fourth-order valence-corrected chi connectivity index (χ4v) is 41.4. The zero-order valence-corrected chi connectivity index (χ0v) is 33.0. The van der Waals surface area contributed by atoms with Crippen LogP contribution in [0.25, 0.3) is 34.4 Å². The molecule has 2 aliphatic rings. The Hall–Kier alpha value is -1.96. The molecule has 0 amide bonds. The molecule has 4 aromatic rings. The summed E-state index contributed by atoms with van der Waals surface area (Å²) >= 11 is -4.75. The summed E-state index contributed by atoms with van der Waals surface area (Å²) in [5, 5.41) is 0. The van der Waals surface area contributed by atoms with Crippen molar-refractivity contribution in [2.45, 2.75) is 75.7 Å². The van der Waals surface area contributed by atoms with Gasteiger partial charge in [-0.25, -0.2) is 0 Å². The second-order valence-corrected chi connectivity index (χ2v) is 56.5. The first-order valence-electron chi connectivity index (χ1n) is 16.0. The van der Waals surface area contributed by atoms with E-state index in [1.54, 1.807) is 0 Å². The summed E-state index contributed by atoms with van der Waals surface area (Å²) in [6.45, 7) is 22.9. The number of rotatable bonds is 5. The zero-order chi connectivity index (χ0) is 31.9. The minimum atomic E-state index is -4.75. The third kappa shape index (κ3) is 4.53. The first-order valence-corrected chi connectivity index (χ1v) is 32.3. The van der Waals surface area contributed by atoms with E-state index in [4.69, 9.17) is 17.0 Å². The van der Waals surface area contributed by atoms with Crippen LogP contribution < -0.4 is 0 Å². The molecule has 2 unspecified atom stereocenters. The molecule has 0 fully saturated rings. The summed E-state index contributed by atoms with van der Waals surface area (Å²) in [6, 6.07) is 22.7. The van der Waals surface area contributed by atoms with Crippen molar-refractivity contribution in [1.29, 1.82) is 0 Å². The van der Waals surface area contributed by atoms with E-state index in [1.807, 2.05) is 0 Å². The van der Waals surface area contributed by atoms with Gasteiger partial charge in [0, 0.05) is 0 Å². The van der Waals surface area contributed by atoms with Crippen molar-refractivity contribution >= 4 is 35.1 Å². The number of halogens is 2. The molecule has 227 valence electrons. The van der Waals surface area contributed by atoms with Gasteiger partial charge in [-0.2, -0.15) is 0 Å². The van der Waals surface area contributed by atoms with Crippen LogP contribution in [0.15, 0.2) is 71.8 Å². The molecule has 0 saturated heterocycles. The Morgan fingerprint density at radius 3 is 1.27 bits per heavy atom. The number of fused-ring (bicyclic) bond motifs is 2. The summed E-state index contributed by atoms with van der Waals surface area (Å²) in [7, 11) is 17.1. The number of aryl methyl sites for hydroxylation is 4. The molecule has 0 radical (unpaired) electrons. The summed E-state index contributed by atoms with van der Waals surface area (Å²) < 4.78 is 0.186. The Morgan fingerprint density at radius 2 is 0.909 bits per heavy atom. The molecule has 2 aliphatic carbocycles. The Morgan fingerprint density at radius 1 is 0.523 bits per heavy atom. The van der Waals surface area contributed by atoms with Crippen molar-refractivity contribution in [3.8, 4) is 22.3 Å². The molecule has 4 aromatic carbocycles. The van der Waals surface area contributed by atoms with Gasteiger partial charge in [0.15, 0.2) is 0 Å². The van der Waals surface area contributed by atoms with Crippen molar-refractivity contribution in [2.75, 3.05) is 0 Å². The Bertz CT molecular complexity index is 1790. The molecule has 44 heavy (non-hydrogen) atoms. The first kappa shape index (κ1) is 32.0. The summed E-state index contributed by atoms with van der Waals surface area (Å²) in [4.78, 5) is 0. The van der Waals surface area contributed by atoms with Crippen molar-refractivity contribution in [1.82, 2.24) is 0 Å². The maximum atomic E-state index is 8.53. The van der Waals surface area contributed by atoms with E-state index in [0.717, 1.165) is 0 Å². The van der Waals surface area contributed by atoms with Gasteiger partial charge in [0.05, 0.1) is 0 Å².